The molecule has 0 amide bonds. The van der Waals surface area contributed by atoms with Crippen molar-refractivity contribution < 1.29 is 13.2 Å². The fourth-order valence-electron chi connectivity index (χ4n) is 2.11. The second-order valence-electron chi connectivity index (χ2n) is 4.89. The number of alkyl halides is 3. The van der Waals surface area contributed by atoms with Crippen molar-refractivity contribution >= 4 is 22.6 Å². The quantitative estimate of drug-likeness (QED) is 0.936. The van der Waals surface area contributed by atoms with Crippen LogP contribution in [0.1, 0.15) is 26.1 Å². The standard InChI is InChI=1S/C13H15ClF3N3/c1-3-7-20-10-8(14)5-4-6-9(10)19-11(20)12(2,18)13(15,16)17/h4-6H,3,7,18H2,1-2H3. The van der Waals surface area contributed by atoms with Crippen molar-refractivity contribution in [1.29, 1.82) is 0 Å². The van der Waals surface area contributed by atoms with Crippen LogP contribution in [0.4, 0.5) is 13.2 Å². The van der Waals surface area contributed by atoms with Crippen LogP contribution in [0.2, 0.25) is 5.02 Å². The van der Waals surface area contributed by atoms with Crippen LogP contribution in [0, 0.1) is 0 Å². The number of rotatable bonds is 3. The van der Waals surface area contributed by atoms with Gasteiger partial charge in [-0.15, -0.1) is 0 Å². The molecule has 0 aliphatic carbocycles. The zero-order valence-corrected chi connectivity index (χ0v) is 11.9. The van der Waals surface area contributed by atoms with Crippen LogP contribution >= 0.6 is 11.6 Å². The van der Waals surface area contributed by atoms with Gasteiger partial charge >= 0.3 is 6.18 Å². The lowest BCUT2D eigenvalue weighted by Crippen LogP contribution is -2.49. The molecular weight excluding hydrogens is 291 g/mol. The first-order valence-electron chi connectivity index (χ1n) is 6.21. The number of hydrogen-bond acceptors (Lipinski definition) is 2. The van der Waals surface area contributed by atoms with Crippen LogP contribution in [0.5, 0.6) is 0 Å². The largest absolute Gasteiger partial charge is 0.413 e. The highest BCUT2D eigenvalue weighted by atomic mass is 35.5. The van der Waals surface area contributed by atoms with Gasteiger partial charge in [0.15, 0.2) is 5.54 Å². The van der Waals surface area contributed by atoms with E-state index in [0.29, 0.717) is 29.0 Å². The van der Waals surface area contributed by atoms with Crippen LogP contribution in [0.25, 0.3) is 11.0 Å². The second kappa shape index (κ2) is 4.93. The Morgan fingerprint density at radius 3 is 2.55 bits per heavy atom. The average molecular weight is 306 g/mol. The van der Waals surface area contributed by atoms with Crippen molar-refractivity contribution in [3.63, 3.8) is 0 Å². The predicted molar refractivity (Wildman–Crippen MR) is 72.6 cm³/mol. The summed E-state index contributed by atoms with van der Waals surface area (Å²) in [6.45, 7) is 3.17. The number of para-hydroxylation sites is 1. The number of aryl methyl sites for hydroxylation is 1. The second-order valence-corrected chi connectivity index (χ2v) is 5.30. The summed E-state index contributed by atoms with van der Waals surface area (Å²) in [5, 5.41) is 0.368. The third-order valence-electron chi connectivity index (χ3n) is 3.22. The topological polar surface area (TPSA) is 43.8 Å². The van der Waals surface area contributed by atoms with Gasteiger partial charge in [0.25, 0.3) is 0 Å². The number of hydrogen-bond donors (Lipinski definition) is 1. The van der Waals surface area contributed by atoms with Gasteiger partial charge in [-0.05, 0) is 25.5 Å². The number of aromatic nitrogens is 2. The molecule has 0 aliphatic rings. The first-order chi connectivity index (χ1) is 9.20. The molecule has 20 heavy (non-hydrogen) atoms. The smallest absolute Gasteiger partial charge is 0.325 e. The van der Waals surface area contributed by atoms with E-state index >= 15 is 0 Å². The monoisotopic (exact) mass is 305 g/mol. The lowest BCUT2D eigenvalue weighted by Gasteiger charge is -2.27. The molecule has 3 nitrogen and oxygen atoms in total. The summed E-state index contributed by atoms with van der Waals surface area (Å²) in [5.41, 5.74) is 3.90. The summed E-state index contributed by atoms with van der Waals surface area (Å²) >= 11 is 6.09. The molecule has 0 spiro atoms. The van der Waals surface area contributed by atoms with E-state index in [9.17, 15) is 13.2 Å². The molecule has 0 fully saturated rings. The minimum Gasteiger partial charge on any atom is -0.325 e. The highest BCUT2D eigenvalue weighted by molar-refractivity contribution is 6.35. The first-order valence-corrected chi connectivity index (χ1v) is 6.58. The number of benzene rings is 1. The van der Waals surface area contributed by atoms with Crippen LogP contribution in [0.15, 0.2) is 18.2 Å². The van der Waals surface area contributed by atoms with Crippen molar-refractivity contribution in [2.75, 3.05) is 0 Å². The van der Waals surface area contributed by atoms with Crippen LogP contribution < -0.4 is 5.73 Å². The molecule has 0 saturated carbocycles. The number of halogens is 4. The Balaban J connectivity index is 2.77. The Kier molecular flexibility index (Phi) is 3.73. The highest BCUT2D eigenvalue weighted by Crippen LogP contribution is 2.38. The van der Waals surface area contributed by atoms with Gasteiger partial charge in [-0.1, -0.05) is 24.6 Å². The zero-order chi connectivity index (χ0) is 15.1. The molecule has 0 saturated heterocycles. The summed E-state index contributed by atoms with van der Waals surface area (Å²) in [6.07, 6.45) is -3.94. The van der Waals surface area contributed by atoms with Gasteiger partial charge in [0, 0.05) is 6.54 Å². The molecule has 0 radical (unpaired) electrons. The summed E-state index contributed by atoms with van der Waals surface area (Å²) in [7, 11) is 0. The van der Waals surface area contributed by atoms with Crippen LogP contribution in [-0.2, 0) is 12.1 Å². The normalized spacial score (nSPS) is 15.6. The van der Waals surface area contributed by atoms with Gasteiger partial charge in [-0.3, -0.25) is 0 Å². The molecule has 1 atom stereocenters. The summed E-state index contributed by atoms with van der Waals surface area (Å²) in [4.78, 5) is 4.06. The lowest BCUT2D eigenvalue weighted by molar-refractivity contribution is -0.186. The Labute approximate surface area is 119 Å². The molecule has 7 heteroatoms. The highest BCUT2D eigenvalue weighted by Gasteiger charge is 2.52. The SMILES string of the molecule is CCCn1c(C(C)(N)C(F)(F)F)nc2cccc(Cl)c21. The maximum atomic E-state index is 13.2. The van der Waals surface area contributed by atoms with E-state index in [1.54, 1.807) is 18.2 Å². The number of nitrogens with two attached hydrogens (primary N) is 1. The molecule has 2 N–H and O–H groups in total. The maximum Gasteiger partial charge on any atom is 0.413 e. The van der Waals surface area contributed by atoms with Crippen molar-refractivity contribution in [2.24, 2.45) is 5.73 Å². The molecular formula is C13H15ClF3N3. The molecule has 2 aromatic rings. The van der Waals surface area contributed by atoms with Gasteiger partial charge in [0.2, 0.25) is 0 Å². The molecule has 110 valence electrons. The minimum atomic E-state index is -4.59. The van der Waals surface area contributed by atoms with Crippen molar-refractivity contribution in [3.8, 4) is 0 Å². The maximum absolute atomic E-state index is 13.2. The lowest BCUT2D eigenvalue weighted by atomic mass is 10.0. The molecule has 0 bridgehead atoms. The van der Waals surface area contributed by atoms with E-state index in [-0.39, 0.29) is 5.82 Å². The van der Waals surface area contributed by atoms with Crippen molar-refractivity contribution in [2.45, 2.75) is 38.5 Å². The predicted octanol–water partition coefficient (Wildman–Crippen LogP) is 3.84. The third-order valence-corrected chi connectivity index (χ3v) is 3.52. The van der Waals surface area contributed by atoms with Gasteiger partial charge in [-0.25, -0.2) is 4.98 Å². The zero-order valence-electron chi connectivity index (χ0n) is 11.1. The molecule has 1 heterocycles. The van der Waals surface area contributed by atoms with Crippen LogP contribution in [-0.4, -0.2) is 15.7 Å². The summed E-state index contributed by atoms with van der Waals surface area (Å²) in [5.74, 6) is -0.213. The third kappa shape index (κ3) is 2.27. The number of fused-ring (bicyclic) bond motifs is 1. The average Bonchev–Trinajstić information content (AvgIpc) is 2.69. The van der Waals surface area contributed by atoms with E-state index in [0.717, 1.165) is 6.92 Å². The molecule has 1 aromatic heterocycles. The van der Waals surface area contributed by atoms with Crippen molar-refractivity contribution in [1.82, 2.24) is 9.55 Å². The van der Waals surface area contributed by atoms with E-state index in [4.69, 9.17) is 17.3 Å². The summed E-state index contributed by atoms with van der Waals surface area (Å²) < 4.78 is 40.9. The van der Waals surface area contributed by atoms with E-state index in [2.05, 4.69) is 4.98 Å². The Morgan fingerprint density at radius 2 is 2.00 bits per heavy atom. The van der Waals surface area contributed by atoms with E-state index in [1.807, 2.05) is 6.92 Å². The molecule has 2 rings (SSSR count). The number of nitrogens with zero attached hydrogens (tertiary/aromatic N) is 2. The summed E-state index contributed by atoms with van der Waals surface area (Å²) in [6, 6.07) is 4.91. The molecule has 1 unspecified atom stereocenters. The Morgan fingerprint density at radius 1 is 1.35 bits per heavy atom. The Hall–Kier alpha value is -1.27. The minimum absolute atomic E-state index is 0.213. The van der Waals surface area contributed by atoms with Crippen molar-refractivity contribution in [3.05, 3.63) is 29.0 Å². The van der Waals surface area contributed by atoms with Gasteiger partial charge < -0.3 is 10.3 Å². The first kappa shape index (κ1) is 15.1. The number of imidazole rings is 1. The van der Waals surface area contributed by atoms with Gasteiger partial charge in [0.05, 0.1) is 16.1 Å². The van der Waals surface area contributed by atoms with Gasteiger partial charge in [0.1, 0.15) is 5.82 Å². The fraction of sp³-hybridized carbons (Fsp3) is 0.462. The van der Waals surface area contributed by atoms with Gasteiger partial charge in [-0.2, -0.15) is 13.2 Å². The molecule has 0 aliphatic heterocycles. The van der Waals surface area contributed by atoms with E-state index in [1.165, 1.54) is 4.57 Å². The van der Waals surface area contributed by atoms with Crippen LogP contribution in [0.3, 0.4) is 0 Å². The Bertz CT molecular complexity index is 632. The fourth-order valence-corrected chi connectivity index (χ4v) is 2.38. The van der Waals surface area contributed by atoms with E-state index < -0.39 is 11.7 Å². The molecule has 1 aromatic carbocycles.